The largest absolute Gasteiger partial charge is 0.508 e. The number of carbonyl (C=O) groups is 2. The van der Waals surface area contributed by atoms with E-state index in [9.17, 15) is 14.7 Å². The number of phenols is 1. The van der Waals surface area contributed by atoms with Crippen molar-refractivity contribution >= 4 is 24.2 Å². The predicted molar refractivity (Wildman–Crippen MR) is 93.4 cm³/mol. The first kappa shape index (κ1) is 18.5. The van der Waals surface area contributed by atoms with Gasteiger partial charge >= 0.3 is 0 Å². The minimum absolute atomic E-state index is 0. The summed E-state index contributed by atoms with van der Waals surface area (Å²) in [5.74, 6) is 0.292. The molecular formula is C17H24ClN3O3. The molecule has 1 atom stereocenters. The first-order chi connectivity index (χ1) is 11.1. The van der Waals surface area contributed by atoms with Crippen LogP contribution < -0.4 is 5.32 Å². The van der Waals surface area contributed by atoms with Gasteiger partial charge in [0, 0.05) is 38.3 Å². The highest BCUT2D eigenvalue weighted by atomic mass is 35.5. The molecule has 2 aliphatic rings. The molecule has 7 heteroatoms. The zero-order valence-corrected chi connectivity index (χ0v) is 14.4. The minimum atomic E-state index is -0.0904. The number of nitrogens with zero attached hydrogens (tertiary/aromatic N) is 2. The lowest BCUT2D eigenvalue weighted by molar-refractivity contribution is -0.137. The lowest BCUT2D eigenvalue weighted by atomic mass is 9.98. The fraction of sp³-hybridized carbons (Fsp3) is 0.529. The molecular weight excluding hydrogens is 330 g/mol. The summed E-state index contributed by atoms with van der Waals surface area (Å²) in [6.45, 7) is 4.01. The van der Waals surface area contributed by atoms with Gasteiger partial charge in [-0.1, -0.05) is 6.07 Å². The Morgan fingerprint density at radius 1 is 1.12 bits per heavy atom. The molecule has 0 saturated carbocycles. The van der Waals surface area contributed by atoms with Crippen LogP contribution in [-0.4, -0.2) is 66.0 Å². The van der Waals surface area contributed by atoms with Crippen LogP contribution in [0.2, 0.25) is 0 Å². The van der Waals surface area contributed by atoms with Crippen molar-refractivity contribution in [2.24, 2.45) is 5.92 Å². The number of piperidine rings is 1. The van der Waals surface area contributed by atoms with Crippen LogP contribution in [0.15, 0.2) is 24.3 Å². The maximum Gasteiger partial charge on any atom is 0.254 e. The highest BCUT2D eigenvalue weighted by molar-refractivity contribution is 5.94. The van der Waals surface area contributed by atoms with E-state index in [1.54, 1.807) is 23.1 Å². The maximum absolute atomic E-state index is 12.5. The van der Waals surface area contributed by atoms with Crippen molar-refractivity contribution in [1.82, 2.24) is 15.1 Å². The summed E-state index contributed by atoms with van der Waals surface area (Å²) >= 11 is 0. The summed E-state index contributed by atoms with van der Waals surface area (Å²) in [4.78, 5) is 28.6. The molecule has 0 aromatic heterocycles. The Balaban J connectivity index is 0.00000208. The van der Waals surface area contributed by atoms with Crippen LogP contribution in [0.25, 0.3) is 0 Å². The van der Waals surface area contributed by atoms with Crippen LogP contribution in [0.5, 0.6) is 5.75 Å². The molecule has 1 aromatic carbocycles. The summed E-state index contributed by atoms with van der Waals surface area (Å²) < 4.78 is 0. The molecule has 24 heavy (non-hydrogen) atoms. The maximum atomic E-state index is 12.5. The smallest absolute Gasteiger partial charge is 0.254 e. The molecule has 1 unspecified atom stereocenters. The Bertz CT molecular complexity index is 582. The van der Waals surface area contributed by atoms with E-state index < -0.39 is 0 Å². The standard InChI is InChI=1S/C17H23N3O3.ClH/c21-15-5-1-3-13(11-15)16(22)19-7-9-20(10-8-19)17(23)14-4-2-6-18-12-14;/h1,3,5,11,14,18,21H,2,4,6-10,12H2;1H. The monoisotopic (exact) mass is 353 g/mol. The van der Waals surface area contributed by atoms with Crippen molar-refractivity contribution in [3.8, 4) is 5.75 Å². The van der Waals surface area contributed by atoms with E-state index in [0.717, 1.165) is 25.9 Å². The van der Waals surface area contributed by atoms with Crippen molar-refractivity contribution in [3.05, 3.63) is 29.8 Å². The van der Waals surface area contributed by atoms with Crippen LogP contribution >= 0.6 is 12.4 Å². The Morgan fingerprint density at radius 3 is 2.46 bits per heavy atom. The summed E-state index contributed by atoms with van der Waals surface area (Å²) in [7, 11) is 0. The molecule has 2 amide bonds. The second kappa shape index (κ2) is 8.35. The van der Waals surface area contributed by atoms with Gasteiger partial charge in [0.25, 0.3) is 5.91 Å². The Hall–Kier alpha value is -1.79. The quantitative estimate of drug-likeness (QED) is 0.835. The van der Waals surface area contributed by atoms with Crippen molar-refractivity contribution in [3.63, 3.8) is 0 Å². The first-order valence-electron chi connectivity index (χ1n) is 8.23. The average Bonchev–Trinajstić information content (AvgIpc) is 2.61. The van der Waals surface area contributed by atoms with Crippen molar-refractivity contribution in [2.45, 2.75) is 12.8 Å². The molecule has 132 valence electrons. The second-order valence-electron chi connectivity index (χ2n) is 6.21. The molecule has 3 rings (SSSR count). The lowest BCUT2D eigenvalue weighted by Gasteiger charge is -2.37. The van der Waals surface area contributed by atoms with Crippen LogP contribution in [0.4, 0.5) is 0 Å². The van der Waals surface area contributed by atoms with Crippen molar-refractivity contribution in [2.75, 3.05) is 39.3 Å². The van der Waals surface area contributed by atoms with Gasteiger partial charge in [0.1, 0.15) is 5.75 Å². The second-order valence-corrected chi connectivity index (χ2v) is 6.21. The molecule has 0 radical (unpaired) electrons. The highest BCUT2D eigenvalue weighted by Crippen LogP contribution is 2.17. The van der Waals surface area contributed by atoms with E-state index >= 15 is 0 Å². The number of piperazine rings is 1. The van der Waals surface area contributed by atoms with Crippen LogP contribution in [0.1, 0.15) is 23.2 Å². The van der Waals surface area contributed by atoms with Crippen LogP contribution in [-0.2, 0) is 4.79 Å². The van der Waals surface area contributed by atoms with E-state index in [2.05, 4.69) is 5.32 Å². The van der Waals surface area contributed by atoms with E-state index in [-0.39, 0.29) is 35.9 Å². The Kier molecular flexibility index (Phi) is 6.45. The number of halogens is 1. The molecule has 2 aliphatic heterocycles. The zero-order valence-electron chi connectivity index (χ0n) is 13.6. The normalized spacial score (nSPS) is 21.1. The minimum Gasteiger partial charge on any atom is -0.508 e. The van der Waals surface area contributed by atoms with E-state index in [1.807, 2.05) is 4.90 Å². The number of benzene rings is 1. The van der Waals surface area contributed by atoms with Gasteiger partial charge in [-0.3, -0.25) is 9.59 Å². The number of hydrogen-bond acceptors (Lipinski definition) is 4. The molecule has 0 bridgehead atoms. The zero-order chi connectivity index (χ0) is 16.2. The van der Waals surface area contributed by atoms with Gasteiger partial charge in [-0.15, -0.1) is 12.4 Å². The number of hydrogen-bond donors (Lipinski definition) is 2. The Labute approximate surface area is 148 Å². The summed E-state index contributed by atoms with van der Waals surface area (Å²) in [6, 6.07) is 6.39. The number of rotatable bonds is 2. The molecule has 2 saturated heterocycles. The fourth-order valence-electron chi connectivity index (χ4n) is 3.27. The number of carbonyl (C=O) groups excluding carboxylic acids is 2. The third-order valence-corrected chi connectivity index (χ3v) is 4.62. The van der Waals surface area contributed by atoms with Gasteiger partial charge in [-0.05, 0) is 37.6 Å². The lowest BCUT2D eigenvalue weighted by Crippen LogP contribution is -2.53. The topological polar surface area (TPSA) is 72.9 Å². The summed E-state index contributed by atoms with van der Waals surface area (Å²) in [5.41, 5.74) is 0.487. The van der Waals surface area contributed by atoms with E-state index in [0.29, 0.717) is 31.7 Å². The number of nitrogens with one attached hydrogen (secondary N) is 1. The van der Waals surface area contributed by atoms with E-state index in [4.69, 9.17) is 0 Å². The molecule has 1 aromatic rings. The van der Waals surface area contributed by atoms with E-state index in [1.165, 1.54) is 6.07 Å². The number of aromatic hydroxyl groups is 1. The average molecular weight is 354 g/mol. The molecule has 2 N–H and O–H groups in total. The molecule has 0 spiro atoms. The van der Waals surface area contributed by atoms with Crippen LogP contribution in [0, 0.1) is 5.92 Å². The third-order valence-electron chi connectivity index (χ3n) is 4.62. The van der Waals surface area contributed by atoms with Crippen molar-refractivity contribution < 1.29 is 14.7 Å². The molecule has 2 heterocycles. The molecule has 6 nitrogen and oxygen atoms in total. The predicted octanol–water partition coefficient (Wildman–Crippen LogP) is 1.10. The third kappa shape index (κ3) is 4.19. The summed E-state index contributed by atoms with van der Waals surface area (Å²) in [5, 5.41) is 12.8. The number of amides is 2. The van der Waals surface area contributed by atoms with Gasteiger partial charge in [-0.2, -0.15) is 0 Å². The van der Waals surface area contributed by atoms with Gasteiger partial charge in [0.15, 0.2) is 0 Å². The highest BCUT2D eigenvalue weighted by Gasteiger charge is 2.29. The first-order valence-corrected chi connectivity index (χ1v) is 8.23. The van der Waals surface area contributed by atoms with Gasteiger partial charge in [-0.25, -0.2) is 0 Å². The molecule has 2 fully saturated rings. The fourth-order valence-corrected chi connectivity index (χ4v) is 3.27. The summed E-state index contributed by atoms with van der Waals surface area (Å²) in [6.07, 6.45) is 2.00. The SMILES string of the molecule is Cl.O=C(c1cccc(O)c1)N1CCN(C(=O)C2CCCNC2)CC1. The number of phenolic OH excluding ortho intramolecular Hbond substituents is 1. The van der Waals surface area contributed by atoms with Gasteiger partial charge < -0.3 is 20.2 Å². The van der Waals surface area contributed by atoms with Crippen molar-refractivity contribution in [1.29, 1.82) is 0 Å². The van der Waals surface area contributed by atoms with Gasteiger partial charge in [0.2, 0.25) is 5.91 Å². The van der Waals surface area contributed by atoms with Gasteiger partial charge in [0.05, 0.1) is 5.92 Å². The molecule has 0 aliphatic carbocycles. The van der Waals surface area contributed by atoms with Crippen LogP contribution in [0.3, 0.4) is 0 Å². The Morgan fingerprint density at radius 2 is 1.83 bits per heavy atom.